The van der Waals surface area contributed by atoms with Crippen molar-refractivity contribution in [2.75, 3.05) is 11.9 Å². The van der Waals surface area contributed by atoms with E-state index >= 15 is 0 Å². The lowest BCUT2D eigenvalue weighted by Gasteiger charge is -2.18. The van der Waals surface area contributed by atoms with Gasteiger partial charge in [-0.1, -0.05) is 20.8 Å². The minimum Gasteiger partial charge on any atom is -0.370 e. The highest BCUT2D eigenvalue weighted by Gasteiger charge is 2.19. The van der Waals surface area contributed by atoms with E-state index in [-0.39, 0.29) is 5.41 Å². The Hall–Kier alpha value is -1.91. The van der Waals surface area contributed by atoms with Crippen LogP contribution in [0.1, 0.15) is 33.5 Å². The topological polar surface area (TPSA) is 55.6 Å². The molecule has 0 unspecified atom stereocenters. The fraction of sp³-hybridized carbons (Fsp3) is 0.462. The number of nitrogens with zero attached hydrogens (tertiary/aromatic N) is 4. The zero-order valence-corrected chi connectivity index (χ0v) is 11.3. The zero-order chi connectivity index (χ0) is 13.2. The van der Waals surface area contributed by atoms with Gasteiger partial charge in [0.25, 0.3) is 0 Å². The largest absolute Gasteiger partial charge is 0.370 e. The highest BCUT2D eigenvalue weighted by Crippen LogP contribution is 2.21. The Morgan fingerprint density at radius 2 is 2.06 bits per heavy atom. The van der Waals surface area contributed by atoms with E-state index in [1.807, 2.05) is 25.3 Å². The van der Waals surface area contributed by atoms with Crippen LogP contribution in [0.4, 0.5) is 5.82 Å². The third-order valence-corrected chi connectivity index (χ3v) is 2.48. The molecular weight excluding hydrogens is 226 g/mol. The molecule has 0 fully saturated rings. The Morgan fingerprint density at radius 1 is 1.28 bits per heavy atom. The number of hydrogen-bond acceptors (Lipinski definition) is 4. The maximum absolute atomic E-state index is 4.58. The van der Waals surface area contributed by atoms with Crippen LogP contribution in [0.5, 0.6) is 0 Å². The minimum atomic E-state index is -0.0899. The van der Waals surface area contributed by atoms with Crippen LogP contribution in [0.15, 0.2) is 24.5 Å². The summed E-state index contributed by atoms with van der Waals surface area (Å²) in [6.45, 7) is 9.19. The van der Waals surface area contributed by atoms with Crippen LogP contribution in [0.3, 0.4) is 0 Å². The molecule has 0 aliphatic rings. The van der Waals surface area contributed by atoms with Crippen LogP contribution in [0, 0.1) is 0 Å². The quantitative estimate of drug-likeness (QED) is 0.902. The first-order valence-corrected chi connectivity index (χ1v) is 6.14. The van der Waals surface area contributed by atoms with E-state index in [2.05, 4.69) is 41.2 Å². The molecule has 0 spiro atoms. The second-order valence-corrected chi connectivity index (χ2v) is 5.17. The molecule has 5 heteroatoms. The van der Waals surface area contributed by atoms with Gasteiger partial charge in [-0.2, -0.15) is 5.10 Å². The average Bonchev–Trinajstić information content (AvgIpc) is 2.81. The number of hydrogen-bond donors (Lipinski definition) is 1. The lowest BCUT2D eigenvalue weighted by Crippen LogP contribution is -2.19. The Balaban J connectivity index is 2.50. The molecular formula is C13H19N5. The molecule has 5 nitrogen and oxygen atoms in total. The van der Waals surface area contributed by atoms with Crippen LogP contribution in [-0.4, -0.2) is 26.3 Å². The molecule has 0 atom stereocenters. The molecule has 0 aliphatic carbocycles. The number of aromatic nitrogens is 4. The summed E-state index contributed by atoms with van der Waals surface area (Å²) in [4.78, 5) is 9.12. The second-order valence-electron chi connectivity index (χ2n) is 5.17. The van der Waals surface area contributed by atoms with Gasteiger partial charge in [-0.25, -0.2) is 14.6 Å². The maximum atomic E-state index is 4.58. The predicted molar refractivity (Wildman–Crippen MR) is 72.0 cm³/mol. The van der Waals surface area contributed by atoms with Gasteiger partial charge in [0.15, 0.2) is 5.82 Å². The normalized spacial score (nSPS) is 11.6. The number of nitrogens with one attached hydrogen (secondary N) is 1. The van der Waals surface area contributed by atoms with Crippen LogP contribution in [-0.2, 0) is 5.41 Å². The highest BCUT2D eigenvalue weighted by atomic mass is 15.3. The monoisotopic (exact) mass is 245 g/mol. The van der Waals surface area contributed by atoms with E-state index < -0.39 is 0 Å². The van der Waals surface area contributed by atoms with Crippen molar-refractivity contribution in [3.63, 3.8) is 0 Å². The molecule has 0 bridgehead atoms. The van der Waals surface area contributed by atoms with E-state index in [0.29, 0.717) is 0 Å². The van der Waals surface area contributed by atoms with Gasteiger partial charge in [0.1, 0.15) is 11.6 Å². The molecule has 0 aliphatic heterocycles. The van der Waals surface area contributed by atoms with Crippen LogP contribution in [0.25, 0.3) is 5.82 Å². The molecule has 2 heterocycles. The van der Waals surface area contributed by atoms with Gasteiger partial charge in [0.2, 0.25) is 0 Å². The van der Waals surface area contributed by atoms with Crippen molar-refractivity contribution in [2.45, 2.75) is 33.1 Å². The molecule has 96 valence electrons. The summed E-state index contributed by atoms with van der Waals surface area (Å²) >= 11 is 0. The van der Waals surface area contributed by atoms with Crippen molar-refractivity contribution >= 4 is 5.82 Å². The highest BCUT2D eigenvalue weighted by molar-refractivity contribution is 5.42. The summed E-state index contributed by atoms with van der Waals surface area (Å²) in [6, 6.07) is 3.79. The van der Waals surface area contributed by atoms with Gasteiger partial charge in [-0.05, 0) is 13.0 Å². The van der Waals surface area contributed by atoms with Crippen molar-refractivity contribution in [1.82, 2.24) is 19.7 Å². The van der Waals surface area contributed by atoms with Gasteiger partial charge < -0.3 is 5.32 Å². The lowest BCUT2D eigenvalue weighted by atomic mass is 9.96. The van der Waals surface area contributed by atoms with E-state index in [1.54, 1.807) is 10.9 Å². The van der Waals surface area contributed by atoms with Crippen molar-refractivity contribution in [1.29, 1.82) is 0 Å². The molecule has 0 saturated carbocycles. The molecule has 2 aromatic heterocycles. The fourth-order valence-electron chi connectivity index (χ4n) is 1.56. The lowest BCUT2D eigenvalue weighted by molar-refractivity contribution is 0.542. The van der Waals surface area contributed by atoms with Crippen molar-refractivity contribution in [3.8, 4) is 5.82 Å². The molecule has 0 radical (unpaired) electrons. The predicted octanol–water partition coefficient (Wildman–Crippen LogP) is 2.39. The van der Waals surface area contributed by atoms with Gasteiger partial charge in [0, 0.05) is 30.4 Å². The molecule has 0 amide bonds. The SMILES string of the molecule is CCNc1cc(-n2cccn2)nc(C(C)(C)C)n1. The third kappa shape index (κ3) is 2.67. The summed E-state index contributed by atoms with van der Waals surface area (Å²) < 4.78 is 1.75. The summed E-state index contributed by atoms with van der Waals surface area (Å²) in [7, 11) is 0. The van der Waals surface area contributed by atoms with E-state index in [1.165, 1.54) is 0 Å². The average molecular weight is 245 g/mol. The standard InChI is InChI=1S/C13H19N5/c1-5-14-10-9-11(18-8-6-7-15-18)17-12(16-10)13(2,3)4/h6-9H,5H2,1-4H3,(H,14,16,17). The summed E-state index contributed by atoms with van der Waals surface area (Å²) in [5.74, 6) is 2.44. The minimum absolute atomic E-state index is 0.0899. The Bertz CT molecular complexity index is 511. The Kier molecular flexibility index (Phi) is 3.32. The number of rotatable bonds is 3. The van der Waals surface area contributed by atoms with Gasteiger partial charge >= 0.3 is 0 Å². The fourth-order valence-corrected chi connectivity index (χ4v) is 1.56. The smallest absolute Gasteiger partial charge is 0.159 e. The second kappa shape index (κ2) is 4.76. The zero-order valence-electron chi connectivity index (χ0n) is 11.3. The summed E-state index contributed by atoms with van der Waals surface area (Å²) in [6.07, 6.45) is 3.62. The van der Waals surface area contributed by atoms with Crippen molar-refractivity contribution in [2.24, 2.45) is 0 Å². The molecule has 0 saturated heterocycles. The van der Waals surface area contributed by atoms with Gasteiger partial charge in [-0.3, -0.25) is 0 Å². The van der Waals surface area contributed by atoms with Gasteiger partial charge in [0.05, 0.1) is 0 Å². The van der Waals surface area contributed by atoms with Crippen molar-refractivity contribution < 1.29 is 0 Å². The summed E-state index contributed by atoms with van der Waals surface area (Å²) in [5.41, 5.74) is -0.0899. The van der Waals surface area contributed by atoms with E-state index in [4.69, 9.17) is 0 Å². The number of anilines is 1. The molecule has 2 aromatic rings. The van der Waals surface area contributed by atoms with Crippen LogP contribution < -0.4 is 5.32 Å². The van der Waals surface area contributed by atoms with E-state index in [9.17, 15) is 0 Å². The van der Waals surface area contributed by atoms with E-state index in [0.717, 1.165) is 24.0 Å². The Morgan fingerprint density at radius 3 is 2.61 bits per heavy atom. The van der Waals surface area contributed by atoms with Gasteiger partial charge in [-0.15, -0.1) is 0 Å². The first kappa shape index (κ1) is 12.5. The third-order valence-electron chi connectivity index (χ3n) is 2.48. The summed E-state index contributed by atoms with van der Waals surface area (Å²) in [5, 5.41) is 7.44. The first-order valence-electron chi connectivity index (χ1n) is 6.14. The first-order chi connectivity index (χ1) is 8.50. The van der Waals surface area contributed by atoms with Crippen LogP contribution >= 0.6 is 0 Å². The maximum Gasteiger partial charge on any atom is 0.159 e. The molecule has 1 N–H and O–H groups in total. The van der Waals surface area contributed by atoms with Crippen LogP contribution in [0.2, 0.25) is 0 Å². The molecule has 18 heavy (non-hydrogen) atoms. The molecule has 2 rings (SSSR count). The van der Waals surface area contributed by atoms with Crippen molar-refractivity contribution in [3.05, 3.63) is 30.4 Å². The molecule has 0 aromatic carbocycles. The Labute approximate surface area is 107 Å².